The molecule has 1 aliphatic rings. The van der Waals surface area contributed by atoms with Crippen molar-refractivity contribution in [3.05, 3.63) is 23.8 Å². The zero-order valence-corrected chi connectivity index (χ0v) is 24.0. The maximum atomic E-state index is 14.0. The number of rotatable bonds is 6. The molecule has 1 aromatic rings. The Morgan fingerprint density at radius 1 is 1.19 bits per heavy atom. The van der Waals surface area contributed by atoms with Gasteiger partial charge in [-0.15, -0.1) is 0 Å². The standard InChI is InChI=1S/C28H48N4O5/c1-19(2)29-28(35)31(8)17-26-20(3)16-32(21(4)18-33)27(34)24-15-23(30(6)7)12-13-25(24)37-22(5)11-9-10-14-36-26/h12-13,15,19-22,26,33H,9-11,14,16-18H2,1-8H3,(H,29,35)/t20-,21-,22-,26+/m1/s1. The third kappa shape index (κ3) is 9.07. The number of nitrogens with one attached hydrogen (secondary N) is 1. The van der Waals surface area contributed by atoms with E-state index in [1.54, 1.807) is 16.8 Å². The van der Waals surface area contributed by atoms with E-state index in [0.29, 0.717) is 31.0 Å². The highest BCUT2D eigenvalue weighted by Crippen LogP contribution is 2.29. The van der Waals surface area contributed by atoms with Gasteiger partial charge in [0, 0.05) is 58.5 Å². The number of benzene rings is 1. The molecule has 0 saturated carbocycles. The lowest BCUT2D eigenvalue weighted by molar-refractivity contribution is -0.0122. The van der Waals surface area contributed by atoms with Gasteiger partial charge in [0.05, 0.1) is 30.4 Å². The normalized spacial score (nSPS) is 22.5. The van der Waals surface area contributed by atoms with Crippen LogP contribution in [0, 0.1) is 5.92 Å². The molecule has 0 fully saturated rings. The summed E-state index contributed by atoms with van der Waals surface area (Å²) in [7, 11) is 5.63. The Kier molecular flexibility index (Phi) is 12.0. The Labute approximate surface area is 223 Å². The van der Waals surface area contributed by atoms with Gasteiger partial charge in [0.25, 0.3) is 5.91 Å². The fraction of sp³-hybridized carbons (Fsp3) is 0.714. The number of nitrogens with zero attached hydrogens (tertiary/aromatic N) is 3. The number of amides is 3. The van der Waals surface area contributed by atoms with Crippen molar-refractivity contribution in [1.82, 2.24) is 15.1 Å². The molecule has 1 aromatic carbocycles. The van der Waals surface area contributed by atoms with Crippen molar-refractivity contribution in [2.24, 2.45) is 5.92 Å². The average Bonchev–Trinajstić information content (AvgIpc) is 2.84. The lowest BCUT2D eigenvalue weighted by Crippen LogP contribution is -2.49. The van der Waals surface area contributed by atoms with Crippen LogP contribution in [-0.2, 0) is 4.74 Å². The Morgan fingerprint density at radius 3 is 2.51 bits per heavy atom. The Morgan fingerprint density at radius 2 is 1.89 bits per heavy atom. The smallest absolute Gasteiger partial charge is 0.317 e. The third-order valence-electron chi connectivity index (χ3n) is 6.76. The molecule has 0 radical (unpaired) electrons. The molecule has 9 heteroatoms. The number of likely N-dealkylation sites (N-methyl/N-ethyl adjacent to an activating group) is 1. The van der Waals surface area contributed by atoms with Crippen molar-refractivity contribution in [3.63, 3.8) is 0 Å². The van der Waals surface area contributed by atoms with Gasteiger partial charge in [-0.1, -0.05) is 6.92 Å². The molecular weight excluding hydrogens is 472 g/mol. The second kappa shape index (κ2) is 14.4. The average molecular weight is 521 g/mol. The van der Waals surface area contributed by atoms with E-state index in [4.69, 9.17) is 9.47 Å². The van der Waals surface area contributed by atoms with Crippen LogP contribution in [-0.4, -0.2) is 98.6 Å². The molecular formula is C28H48N4O5. The number of ether oxygens (including phenoxy) is 2. The van der Waals surface area contributed by atoms with Gasteiger partial charge in [-0.3, -0.25) is 4.79 Å². The van der Waals surface area contributed by atoms with E-state index in [1.807, 2.05) is 71.8 Å². The predicted octanol–water partition coefficient (Wildman–Crippen LogP) is 3.60. The fourth-order valence-corrected chi connectivity index (χ4v) is 4.36. The maximum absolute atomic E-state index is 14.0. The number of carbonyl (C=O) groups excluding carboxylic acids is 2. The minimum atomic E-state index is -0.404. The quantitative estimate of drug-likeness (QED) is 0.595. The van der Waals surface area contributed by atoms with Crippen LogP contribution in [0.1, 0.15) is 64.2 Å². The van der Waals surface area contributed by atoms with Crippen molar-refractivity contribution in [3.8, 4) is 5.75 Å². The highest BCUT2D eigenvalue weighted by Gasteiger charge is 2.31. The molecule has 2 rings (SSSR count). The number of carbonyl (C=O) groups is 2. The van der Waals surface area contributed by atoms with Gasteiger partial charge < -0.3 is 34.6 Å². The molecule has 37 heavy (non-hydrogen) atoms. The molecule has 0 aliphatic carbocycles. The van der Waals surface area contributed by atoms with E-state index < -0.39 is 6.04 Å². The molecule has 1 aliphatic heterocycles. The summed E-state index contributed by atoms with van der Waals surface area (Å²) in [6.45, 7) is 10.9. The van der Waals surface area contributed by atoms with Gasteiger partial charge >= 0.3 is 6.03 Å². The van der Waals surface area contributed by atoms with Crippen molar-refractivity contribution in [2.75, 3.05) is 52.3 Å². The maximum Gasteiger partial charge on any atom is 0.317 e. The number of aliphatic hydroxyl groups is 1. The van der Waals surface area contributed by atoms with Gasteiger partial charge in [-0.25, -0.2) is 4.79 Å². The van der Waals surface area contributed by atoms with Crippen molar-refractivity contribution < 1.29 is 24.2 Å². The Hall–Kier alpha value is -2.52. The molecule has 2 N–H and O–H groups in total. The number of aliphatic hydroxyl groups excluding tert-OH is 1. The Bertz CT molecular complexity index is 878. The molecule has 210 valence electrons. The van der Waals surface area contributed by atoms with Crippen LogP contribution >= 0.6 is 0 Å². The lowest BCUT2D eigenvalue weighted by atomic mass is 10.0. The van der Waals surface area contributed by atoms with Crippen molar-refractivity contribution in [1.29, 1.82) is 0 Å². The van der Waals surface area contributed by atoms with E-state index >= 15 is 0 Å². The zero-order chi connectivity index (χ0) is 27.7. The molecule has 0 unspecified atom stereocenters. The van der Waals surface area contributed by atoms with Crippen LogP contribution < -0.4 is 15.0 Å². The molecule has 0 saturated heterocycles. The Balaban J connectivity index is 2.43. The van der Waals surface area contributed by atoms with E-state index in [2.05, 4.69) is 5.32 Å². The summed E-state index contributed by atoms with van der Waals surface area (Å²) in [4.78, 5) is 31.9. The van der Waals surface area contributed by atoms with Crippen LogP contribution in [0.25, 0.3) is 0 Å². The summed E-state index contributed by atoms with van der Waals surface area (Å²) < 4.78 is 12.6. The highest BCUT2D eigenvalue weighted by molar-refractivity contribution is 5.98. The first-order valence-electron chi connectivity index (χ1n) is 13.5. The van der Waals surface area contributed by atoms with Crippen LogP contribution in [0.5, 0.6) is 5.75 Å². The second-order valence-electron chi connectivity index (χ2n) is 10.9. The molecule has 4 atom stereocenters. The van der Waals surface area contributed by atoms with Gasteiger partial charge in [0.15, 0.2) is 0 Å². The minimum Gasteiger partial charge on any atom is -0.490 e. The van der Waals surface area contributed by atoms with E-state index in [1.165, 1.54) is 0 Å². The predicted molar refractivity (Wildman–Crippen MR) is 147 cm³/mol. The summed E-state index contributed by atoms with van der Waals surface area (Å²) in [6, 6.07) is 5.15. The lowest BCUT2D eigenvalue weighted by Gasteiger charge is -2.36. The van der Waals surface area contributed by atoms with E-state index in [0.717, 1.165) is 24.9 Å². The zero-order valence-electron chi connectivity index (χ0n) is 24.0. The van der Waals surface area contributed by atoms with Crippen molar-refractivity contribution in [2.45, 2.75) is 78.2 Å². The number of fused-ring (bicyclic) bond motifs is 1. The molecule has 1 heterocycles. The van der Waals surface area contributed by atoms with Crippen LogP contribution in [0.15, 0.2) is 18.2 Å². The van der Waals surface area contributed by atoms with Crippen LogP contribution in [0.2, 0.25) is 0 Å². The number of urea groups is 1. The monoisotopic (exact) mass is 520 g/mol. The van der Waals surface area contributed by atoms with E-state index in [-0.39, 0.29) is 42.7 Å². The highest BCUT2D eigenvalue weighted by atomic mass is 16.5. The van der Waals surface area contributed by atoms with Crippen molar-refractivity contribution >= 4 is 17.6 Å². The first-order chi connectivity index (χ1) is 17.4. The largest absolute Gasteiger partial charge is 0.490 e. The first kappa shape index (κ1) is 30.7. The molecule has 0 spiro atoms. The van der Waals surface area contributed by atoms with Gasteiger partial charge in [0.1, 0.15) is 5.75 Å². The molecule has 9 nitrogen and oxygen atoms in total. The van der Waals surface area contributed by atoms with E-state index in [9.17, 15) is 14.7 Å². The van der Waals surface area contributed by atoms with Gasteiger partial charge in [0.2, 0.25) is 0 Å². The molecule has 0 bridgehead atoms. The number of hydrogen-bond acceptors (Lipinski definition) is 6. The topological polar surface area (TPSA) is 94.6 Å². The number of hydrogen-bond donors (Lipinski definition) is 2. The molecule has 0 aromatic heterocycles. The summed E-state index contributed by atoms with van der Waals surface area (Å²) in [5.41, 5.74) is 1.38. The van der Waals surface area contributed by atoms with Crippen LogP contribution in [0.3, 0.4) is 0 Å². The first-order valence-corrected chi connectivity index (χ1v) is 13.5. The van der Waals surface area contributed by atoms with Gasteiger partial charge in [-0.05, 0) is 65.2 Å². The second-order valence-corrected chi connectivity index (χ2v) is 10.9. The SMILES string of the molecule is CC(C)NC(=O)N(C)C[C@@H]1OCCCC[C@@H](C)Oc2ccc(N(C)C)cc2C(=O)N([C@H](C)CO)C[C@H]1C. The summed E-state index contributed by atoms with van der Waals surface area (Å²) >= 11 is 0. The molecule has 3 amide bonds. The van der Waals surface area contributed by atoms with Crippen LogP contribution in [0.4, 0.5) is 10.5 Å². The summed E-state index contributed by atoms with van der Waals surface area (Å²) in [6.07, 6.45) is 2.30. The fourth-order valence-electron chi connectivity index (χ4n) is 4.36. The summed E-state index contributed by atoms with van der Waals surface area (Å²) in [5.74, 6) is 0.275. The number of anilines is 1. The van der Waals surface area contributed by atoms with Gasteiger partial charge in [-0.2, -0.15) is 0 Å². The minimum absolute atomic E-state index is 0.0344. The third-order valence-corrected chi connectivity index (χ3v) is 6.76. The summed E-state index contributed by atoms with van der Waals surface area (Å²) in [5, 5.41) is 13.0.